The van der Waals surface area contributed by atoms with Crippen molar-refractivity contribution in [1.82, 2.24) is 10.2 Å². The number of hydrogen-bond acceptors (Lipinski definition) is 5. The SMILES string of the molecule is CC1CN(C(=O)OC(C)(C)C)CCC1(CC(=O)O)NC(=O)OCc1ccccc1. The van der Waals surface area contributed by atoms with Gasteiger partial charge >= 0.3 is 18.2 Å². The van der Waals surface area contributed by atoms with Crippen LogP contribution in [0.3, 0.4) is 0 Å². The zero-order chi connectivity index (χ0) is 21.7. The molecule has 1 saturated heterocycles. The van der Waals surface area contributed by atoms with Crippen LogP contribution in [0.4, 0.5) is 9.59 Å². The van der Waals surface area contributed by atoms with Crippen LogP contribution in [-0.2, 0) is 20.9 Å². The fourth-order valence-corrected chi connectivity index (χ4v) is 3.39. The summed E-state index contributed by atoms with van der Waals surface area (Å²) < 4.78 is 10.7. The summed E-state index contributed by atoms with van der Waals surface area (Å²) in [6.45, 7) is 7.84. The third-order valence-corrected chi connectivity index (χ3v) is 4.95. The molecule has 0 spiro atoms. The maximum Gasteiger partial charge on any atom is 0.410 e. The Bertz CT molecular complexity index is 730. The number of rotatable bonds is 5. The van der Waals surface area contributed by atoms with E-state index in [1.807, 2.05) is 37.3 Å². The summed E-state index contributed by atoms with van der Waals surface area (Å²) in [6.07, 6.45) is -1.08. The first-order valence-electron chi connectivity index (χ1n) is 9.69. The molecule has 0 saturated carbocycles. The third-order valence-electron chi connectivity index (χ3n) is 4.95. The van der Waals surface area contributed by atoms with E-state index in [1.54, 1.807) is 25.7 Å². The second-order valence-corrected chi connectivity index (χ2v) is 8.49. The lowest BCUT2D eigenvalue weighted by Gasteiger charge is -2.46. The van der Waals surface area contributed by atoms with Gasteiger partial charge in [0.1, 0.15) is 12.2 Å². The van der Waals surface area contributed by atoms with Crippen molar-refractivity contribution in [2.45, 2.75) is 58.3 Å². The smallest absolute Gasteiger partial charge is 0.410 e. The molecule has 2 amide bonds. The molecule has 1 aromatic rings. The Kier molecular flexibility index (Phi) is 7.11. The number of nitrogens with one attached hydrogen (secondary N) is 1. The summed E-state index contributed by atoms with van der Waals surface area (Å²) in [5.74, 6) is -1.32. The lowest BCUT2D eigenvalue weighted by atomic mass is 9.76. The summed E-state index contributed by atoms with van der Waals surface area (Å²) in [5.41, 5.74) is -0.782. The molecule has 29 heavy (non-hydrogen) atoms. The number of alkyl carbamates (subject to hydrolysis) is 1. The molecule has 1 aliphatic heterocycles. The summed E-state index contributed by atoms with van der Waals surface area (Å²) in [6, 6.07) is 9.23. The molecule has 2 N–H and O–H groups in total. The molecule has 2 rings (SSSR count). The van der Waals surface area contributed by atoms with E-state index in [9.17, 15) is 19.5 Å². The van der Waals surface area contributed by atoms with E-state index in [0.717, 1.165) is 5.56 Å². The number of amides is 2. The average Bonchev–Trinajstić information content (AvgIpc) is 2.61. The predicted molar refractivity (Wildman–Crippen MR) is 106 cm³/mol. The van der Waals surface area contributed by atoms with Crippen LogP contribution in [0, 0.1) is 5.92 Å². The van der Waals surface area contributed by atoms with Crippen molar-refractivity contribution < 1.29 is 29.0 Å². The Labute approximate surface area is 171 Å². The Morgan fingerprint density at radius 1 is 1.24 bits per heavy atom. The predicted octanol–water partition coefficient (Wildman–Crippen LogP) is 3.40. The minimum absolute atomic E-state index is 0.0915. The second-order valence-electron chi connectivity index (χ2n) is 8.49. The number of piperidine rings is 1. The first kappa shape index (κ1) is 22.5. The minimum atomic E-state index is -1.02. The number of carbonyl (C=O) groups excluding carboxylic acids is 2. The summed E-state index contributed by atoms with van der Waals surface area (Å²) in [5, 5.41) is 12.2. The number of carbonyl (C=O) groups is 3. The van der Waals surface area contributed by atoms with E-state index in [1.165, 1.54) is 0 Å². The zero-order valence-corrected chi connectivity index (χ0v) is 17.4. The van der Waals surface area contributed by atoms with Gasteiger partial charge in [0.05, 0.1) is 12.0 Å². The van der Waals surface area contributed by atoms with E-state index < -0.39 is 29.3 Å². The molecular formula is C21H30N2O6. The summed E-state index contributed by atoms with van der Waals surface area (Å²) in [7, 11) is 0. The molecule has 0 bridgehead atoms. The van der Waals surface area contributed by atoms with E-state index >= 15 is 0 Å². The summed E-state index contributed by atoms with van der Waals surface area (Å²) >= 11 is 0. The molecule has 0 radical (unpaired) electrons. The lowest BCUT2D eigenvalue weighted by Crippen LogP contribution is -2.62. The van der Waals surface area contributed by atoms with Gasteiger partial charge in [-0.15, -0.1) is 0 Å². The molecule has 1 fully saturated rings. The van der Waals surface area contributed by atoms with Crippen molar-refractivity contribution in [3.05, 3.63) is 35.9 Å². The standard InChI is InChI=1S/C21H30N2O6/c1-15-13-23(19(27)29-20(2,3)4)11-10-21(15,12-17(24)25)22-18(26)28-14-16-8-6-5-7-9-16/h5-9,15H,10-14H2,1-4H3,(H,22,26)(H,24,25). The number of aliphatic carboxylic acids is 1. The van der Waals surface area contributed by atoms with Crippen molar-refractivity contribution in [3.8, 4) is 0 Å². The van der Waals surface area contributed by atoms with Crippen molar-refractivity contribution in [3.63, 3.8) is 0 Å². The van der Waals surface area contributed by atoms with Crippen LogP contribution in [-0.4, -0.2) is 52.4 Å². The van der Waals surface area contributed by atoms with Crippen molar-refractivity contribution in [1.29, 1.82) is 0 Å². The Hall–Kier alpha value is -2.77. The zero-order valence-electron chi connectivity index (χ0n) is 17.4. The normalized spacial score (nSPS) is 21.9. The lowest BCUT2D eigenvalue weighted by molar-refractivity contribution is -0.139. The number of nitrogens with zero attached hydrogens (tertiary/aromatic N) is 1. The van der Waals surface area contributed by atoms with E-state index in [4.69, 9.17) is 9.47 Å². The molecule has 8 nitrogen and oxygen atoms in total. The van der Waals surface area contributed by atoms with Crippen LogP contribution in [0.1, 0.15) is 46.1 Å². The average molecular weight is 406 g/mol. The maximum absolute atomic E-state index is 12.4. The van der Waals surface area contributed by atoms with Crippen molar-refractivity contribution >= 4 is 18.2 Å². The van der Waals surface area contributed by atoms with Gasteiger partial charge in [-0.25, -0.2) is 9.59 Å². The largest absolute Gasteiger partial charge is 0.481 e. The van der Waals surface area contributed by atoms with Gasteiger partial charge in [-0.05, 0) is 38.7 Å². The maximum atomic E-state index is 12.4. The van der Waals surface area contributed by atoms with Crippen molar-refractivity contribution in [2.24, 2.45) is 5.92 Å². The van der Waals surface area contributed by atoms with E-state index in [2.05, 4.69) is 5.32 Å². The summed E-state index contributed by atoms with van der Waals surface area (Å²) in [4.78, 5) is 37.8. The highest BCUT2D eigenvalue weighted by molar-refractivity contribution is 5.73. The van der Waals surface area contributed by atoms with Gasteiger partial charge in [-0.3, -0.25) is 4.79 Å². The number of benzene rings is 1. The Morgan fingerprint density at radius 2 is 1.90 bits per heavy atom. The van der Waals surface area contributed by atoms with Gasteiger partial charge in [-0.2, -0.15) is 0 Å². The molecule has 2 unspecified atom stereocenters. The second kappa shape index (κ2) is 9.15. The van der Waals surface area contributed by atoms with Crippen LogP contribution in [0.5, 0.6) is 0 Å². The molecule has 1 heterocycles. The van der Waals surface area contributed by atoms with Crippen LogP contribution in [0.25, 0.3) is 0 Å². The first-order valence-corrected chi connectivity index (χ1v) is 9.69. The Morgan fingerprint density at radius 3 is 2.45 bits per heavy atom. The van der Waals surface area contributed by atoms with Crippen LogP contribution in [0.15, 0.2) is 30.3 Å². The molecule has 1 aromatic carbocycles. The van der Waals surface area contributed by atoms with Gasteiger partial charge < -0.3 is 24.8 Å². The highest BCUT2D eigenvalue weighted by atomic mass is 16.6. The van der Waals surface area contributed by atoms with Crippen LogP contribution < -0.4 is 5.32 Å². The van der Waals surface area contributed by atoms with Crippen molar-refractivity contribution in [2.75, 3.05) is 13.1 Å². The highest BCUT2D eigenvalue weighted by Gasteiger charge is 2.45. The van der Waals surface area contributed by atoms with Crippen LogP contribution >= 0.6 is 0 Å². The molecule has 8 heteroatoms. The van der Waals surface area contributed by atoms with Gasteiger partial charge in [0.15, 0.2) is 0 Å². The topological polar surface area (TPSA) is 105 Å². The van der Waals surface area contributed by atoms with E-state index in [-0.39, 0.29) is 32.0 Å². The minimum Gasteiger partial charge on any atom is -0.481 e. The third kappa shape index (κ3) is 6.66. The fraction of sp³-hybridized carbons (Fsp3) is 0.571. The van der Waals surface area contributed by atoms with Gasteiger partial charge in [0.2, 0.25) is 0 Å². The number of carboxylic acid groups (broad SMARTS) is 1. The van der Waals surface area contributed by atoms with Gasteiger partial charge in [0, 0.05) is 13.1 Å². The molecule has 1 aliphatic rings. The molecule has 160 valence electrons. The quantitative estimate of drug-likeness (QED) is 0.776. The van der Waals surface area contributed by atoms with E-state index in [0.29, 0.717) is 6.42 Å². The first-order chi connectivity index (χ1) is 13.5. The fourth-order valence-electron chi connectivity index (χ4n) is 3.39. The molecule has 0 aromatic heterocycles. The Balaban J connectivity index is 2.03. The highest BCUT2D eigenvalue weighted by Crippen LogP contribution is 2.32. The number of carboxylic acids is 1. The number of likely N-dealkylation sites (tertiary alicyclic amines) is 1. The van der Waals surface area contributed by atoms with Gasteiger partial charge in [-0.1, -0.05) is 37.3 Å². The molecular weight excluding hydrogens is 376 g/mol. The monoisotopic (exact) mass is 406 g/mol. The van der Waals surface area contributed by atoms with Gasteiger partial charge in [0.25, 0.3) is 0 Å². The van der Waals surface area contributed by atoms with Crippen LogP contribution in [0.2, 0.25) is 0 Å². The molecule has 2 atom stereocenters. The molecule has 0 aliphatic carbocycles. The number of ether oxygens (including phenoxy) is 2. The number of hydrogen-bond donors (Lipinski definition) is 2.